The molecule has 0 aliphatic rings. The van der Waals surface area contributed by atoms with Crippen molar-refractivity contribution in [3.05, 3.63) is 69.2 Å². The van der Waals surface area contributed by atoms with Crippen LogP contribution in [0.1, 0.15) is 27.0 Å². The van der Waals surface area contributed by atoms with Crippen molar-refractivity contribution in [1.82, 2.24) is 4.98 Å². The number of alkyl halides is 2. The fourth-order valence-corrected chi connectivity index (χ4v) is 3.12. The van der Waals surface area contributed by atoms with Crippen LogP contribution >= 0.6 is 11.8 Å². The van der Waals surface area contributed by atoms with E-state index in [1.165, 1.54) is 24.4 Å². The van der Waals surface area contributed by atoms with E-state index in [2.05, 4.69) is 4.98 Å². The van der Waals surface area contributed by atoms with Crippen LogP contribution in [0.2, 0.25) is 0 Å². The van der Waals surface area contributed by atoms with Gasteiger partial charge in [-0.05, 0) is 61.0 Å². The predicted octanol–water partition coefficient (Wildman–Crippen LogP) is 4.48. The Bertz CT molecular complexity index is 1070. The molecular weight excluding hydrogens is 376 g/mol. The number of rotatable bonds is 5. The van der Waals surface area contributed by atoms with E-state index >= 15 is 0 Å². The molecule has 0 unspecified atom stereocenters. The average molecular weight is 391 g/mol. The molecule has 0 saturated heterocycles. The van der Waals surface area contributed by atoms with E-state index in [1.54, 1.807) is 6.07 Å². The SMILES string of the molecule is Cc1cc2oc(=O)cc(COC(=O)c3cccnc3SC(F)F)c2cc1C. The number of carbonyl (C=O) groups excluding carboxylic acids is 1. The molecule has 0 saturated carbocycles. The molecule has 0 bridgehead atoms. The smallest absolute Gasteiger partial charge is 0.341 e. The van der Waals surface area contributed by atoms with Crippen LogP contribution < -0.4 is 5.63 Å². The Morgan fingerprint density at radius 3 is 2.74 bits per heavy atom. The third kappa shape index (κ3) is 4.33. The van der Waals surface area contributed by atoms with Crippen molar-refractivity contribution >= 4 is 28.7 Å². The molecule has 0 fully saturated rings. The Kier molecular flexibility index (Phi) is 5.55. The second-order valence-electron chi connectivity index (χ2n) is 5.83. The summed E-state index contributed by atoms with van der Waals surface area (Å²) in [6.07, 6.45) is 1.32. The van der Waals surface area contributed by atoms with Crippen molar-refractivity contribution in [2.45, 2.75) is 31.2 Å². The molecule has 0 N–H and O–H groups in total. The summed E-state index contributed by atoms with van der Waals surface area (Å²) in [6, 6.07) is 7.67. The van der Waals surface area contributed by atoms with Crippen molar-refractivity contribution < 1.29 is 22.7 Å². The molecule has 3 aromatic rings. The maximum Gasteiger partial charge on any atom is 0.341 e. The lowest BCUT2D eigenvalue weighted by atomic mass is 10.0. The van der Waals surface area contributed by atoms with Gasteiger partial charge < -0.3 is 9.15 Å². The quantitative estimate of drug-likeness (QED) is 0.363. The lowest BCUT2D eigenvalue weighted by molar-refractivity contribution is 0.0468. The number of nitrogens with zero attached hydrogens (tertiary/aromatic N) is 1. The Morgan fingerprint density at radius 2 is 2.00 bits per heavy atom. The van der Waals surface area contributed by atoms with Crippen LogP contribution in [0.4, 0.5) is 8.78 Å². The van der Waals surface area contributed by atoms with Gasteiger partial charge in [-0.15, -0.1) is 0 Å². The highest BCUT2D eigenvalue weighted by atomic mass is 32.2. The summed E-state index contributed by atoms with van der Waals surface area (Å²) < 4.78 is 35.7. The number of benzene rings is 1. The van der Waals surface area contributed by atoms with Crippen molar-refractivity contribution in [3.63, 3.8) is 0 Å². The number of aryl methyl sites for hydroxylation is 2. The normalized spacial score (nSPS) is 11.1. The third-order valence-electron chi connectivity index (χ3n) is 4.00. The monoisotopic (exact) mass is 391 g/mol. The highest BCUT2D eigenvalue weighted by Gasteiger charge is 2.18. The van der Waals surface area contributed by atoms with Crippen molar-refractivity contribution in [2.24, 2.45) is 0 Å². The van der Waals surface area contributed by atoms with Gasteiger partial charge in [0.25, 0.3) is 5.76 Å². The van der Waals surface area contributed by atoms with E-state index in [0.717, 1.165) is 11.1 Å². The molecule has 0 aliphatic carbocycles. The van der Waals surface area contributed by atoms with Gasteiger partial charge in [0.05, 0.1) is 5.56 Å². The van der Waals surface area contributed by atoms with E-state index in [9.17, 15) is 18.4 Å². The van der Waals surface area contributed by atoms with Gasteiger partial charge in [-0.2, -0.15) is 8.78 Å². The fourth-order valence-electron chi connectivity index (χ4n) is 2.55. The standard InChI is InChI=1S/C19H15F2NO4S/c1-10-6-14-12(8-16(23)26-15(14)7-11(10)2)9-25-18(24)13-4-3-5-22-17(13)27-19(20)21/h3-8,19H,9H2,1-2H3. The summed E-state index contributed by atoms with van der Waals surface area (Å²) in [7, 11) is 0. The maximum absolute atomic E-state index is 12.6. The molecule has 3 rings (SSSR count). The van der Waals surface area contributed by atoms with Crippen molar-refractivity contribution in [3.8, 4) is 0 Å². The van der Waals surface area contributed by atoms with Crippen LogP contribution in [0.5, 0.6) is 0 Å². The first-order valence-electron chi connectivity index (χ1n) is 7.96. The summed E-state index contributed by atoms with van der Waals surface area (Å²) >= 11 is 0.173. The molecule has 2 heterocycles. The molecule has 1 aromatic carbocycles. The number of aromatic nitrogens is 1. The first-order valence-corrected chi connectivity index (χ1v) is 8.84. The van der Waals surface area contributed by atoms with Gasteiger partial charge in [0, 0.05) is 23.2 Å². The molecule has 140 valence electrons. The number of pyridine rings is 1. The number of halogens is 2. The second-order valence-corrected chi connectivity index (χ2v) is 6.81. The summed E-state index contributed by atoms with van der Waals surface area (Å²) in [6.45, 7) is 3.61. The van der Waals surface area contributed by atoms with E-state index in [1.807, 2.05) is 19.9 Å². The molecule has 2 aromatic heterocycles. The van der Waals surface area contributed by atoms with Gasteiger partial charge in [0.1, 0.15) is 17.2 Å². The van der Waals surface area contributed by atoms with Gasteiger partial charge in [0.2, 0.25) is 0 Å². The molecule has 27 heavy (non-hydrogen) atoms. The predicted molar refractivity (Wildman–Crippen MR) is 97.2 cm³/mol. The Labute approximate surface area is 157 Å². The van der Waals surface area contributed by atoms with Crippen LogP contribution in [0.25, 0.3) is 11.0 Å². The highest BCUT2D eigenvalue weighted by Crippen LogP contribution is 2.27. The van der Waals surface area contributed by atoms with E-state index < -0.39 is 17.4 Å². The highest BCUT2D eigenvalue weighted by molar-refractivity contribution is 7.99. The Hall–Kier alpha value is -2.74. The van der Waals surface area contributed by atoms with Gasteiger partial charge in [0.15, 0.2) is 0 Å². The Balaban J connectivity index is 1.88. The number of fused-ring (bicyclic) bond motifs is 1. The minimum Gasteiger partial charge on any atom is -0.457 e. The number of thioether (sulfide) groups is 1. The molecule has 0 spiro atoms. The van der Waals surface area contributed by atoms with Crippen LogP contribution in [-0.4, -0.2) is 16.7 Å². The zero-order valence-corrected chi connectivity index (χ0v) is 15.3. The van der Waals surface area contributed by atoms with E-state index in [-0.39, 0.29) is 29.0 Å². The Morgan fingerprint density at radius 1 is 1.26 bits per heavy atom. The van der Waals surface area contributed by atoms with Crippen LogP contribution in [0.3, 0.4) is 0 Å². The average Bonchev–Trinajstić information content (AvgIpc) is 2.61. The molecule has 0 atom stereocenters. The summed E-state index contributed by atoms with van der Waals surface area (Å²) in [4.78, 5) is 27.9. The third-order valence-corrected chi connectivity index (χ3v) is 4.72. The topological polar surface area (TPSA) is 69.4 Å². The minimum absolute atomic E-state index is 0.0536. The largest absolute Gasteiger partial charge is 0.457 e. The number of esters is 1. The summed E-state index contributed by atoms with van der Waals surface area (Å²) in [5.41, 5.74) is 2.21. The van der Waals surface area contributed by atoms with Crippen LogP contribution in [-0.2, 0) is 11.3 Å². The lowest BCUT2D eigenvalue weighted by Gasteiger charge is -2.10. The number of carbonyl (C=O) groups is 1. The maximum atomic E-state index is 12.6. The zero-order valence-electron chi connectivity index (χ0n) is 14.5. The number of hydrogen-bond acceptors (Lipinski definition) is 6. The second kappa shape index (κ2) is 7.87. The molecule has 5 nitrogen and oxygen atoms in total. The van der Waals surface area contributed by atoms with Gasteiger partial charge >= 0.3 is 11.6 Å². The molecular formula is C19H15F2NO4S. The van der Waals surface area contributed by atoms with E-state index in [0.29, 0.717) is 16.5 Å². The van der Waals surface area contributed by atoms with E-state index in [4.69, 9.17) is 9.15 Å². The molecule has 0 radical (unpaired) electrons. The van der Waals surface area contributed by atoms with Gasteiger partial charge in [-0.1, -0.05) is 0 Å². The molecule has 0 aliphatic heterocycles. The minimum atomic E-state index is -2.71. The van der Waals surface area contributed by atoms with Crippen molar-refractivity contribution in [1.29, 1.82) is 0 Å². The number of hydrogen-bond donors (Lipinski definition) is 0. The molecule has 8 heteroatoms. The van der Waals surface area contributed by atoms with Crippen LogP contribution in [0, 0.1) is 13.8 Å². The first-order chi connectivity index (χ1) is 12.8. The molecule has 0 amide bonds. The fraction of sp³-hybridized carbons (Fsp3) is 0.211. The zero-order chi connectivity index (χ0) is 19.6. The first kappa shape index (κ1) is 19.0. The van der Waals surface area contributed by atoms with Crippen LogP contribution in [0.15, 0.2) is 50.8 Å². The summed E-state index contributed by atoms with van der Waals surface area (Å²) in [5.74, 6) is -3.50. The van der Waals surface area contributed by atoms with Crippen molar-refractivity contribution in [2.75, 3.05) is 0 Å². The van der Waals surface area contributed by atoms with Gasteiger partial charge in [-0.3, -0.25) is 0 Å². The number of ether oxygens (including phenoxy) is 1. The lowest BCUT2D eigenvalue weighted by Crippen LogP contribution is -2.10. The van der Waals surface area contributed by atoms with Gasteiger partial charge in [-0.25, -0.2) is 14.6 Å². The summed E-state index contributed by atoms with van der Waals surface area (Å²) in [5, 5.41) is 0.542.